The van der Waals surface area contributed by atoms with Gasteiger partial charge in [-0.15, -0.1) is 11.8 Å². The number of thioether (sulfide) groups is 1. The molecular weight excluding hydrogens is 468 g/mol. The number of nitrogens with zero attached hydrogens (tertiary/aromatic N) is 4. The summed E-state index contributed by atoms with van der Waals surface area (Å²) < 4.78 is 17.6. The summed E-state index contributed by atoms with van der Waals surface area (Å²) in [7, 11) is 3.12. The fourth-order valence-corrected chi connectivity index (χ4v) is 4.19. The lowest BCUT2D eigenvalue weighted by molar-refractivity contribution is -0.116. The molecule has 0 bridgehead atoms. The number of para-hydroxylation sites is 1. The van der Waals surface area contributed by atoms with Crippen molar-refractivity contribution >= 4 is 29.2 Å². The van der Waals surface area contributed by atoms with E-state index in [-0.39, 0.29) is 24.2 Å². The molecule has 2 aromatic heterocycles. The molecular formula is C24H26N6O4S. The average Bonchev–Trinajstić information content (AvgIpc) is 3.48. The summed E-state index contributed by atoms with van der Waals surface area (Å²) in [6.07, 6.45) is 2.67. The summed E-state index contributed by atoms with van der Waals surface area (Å²) in [4.78, 5) is 17.3. The zero-order valence-corrected chi connectivity index (χ0v) is 20.7. The van der Waals surface area contributed by atoms with Gasteiger partial charge in [0, 0.05) is 11.3 Å². The highest BCUT2D eigenvalue weighted by molar-refractivity contribution is 7.98. The number of carbonyl (C=O) groups is 1. The largest absolute Gasteiger partial charge is 0.493 e. The zero-order valence-electron chi connectivity index (χ0n) is 19.9. The summed E-state index contributed by atoms with van der Waals surface area (Å²) in [5.74, 6) is 1.72. The summed E-state index contributed by atoms with van der Waals surface area (Å²) in [6, 6.07) is 13.0. The summed E-state index contributed by atoms with van der Waals surface area (Å²) in [5, 5.41) is 12.1. The molecule has 0 atom stereocenters. The molecule has 4 rings (SSSR count). The highest BCUT2D eigenvalue weighted by Crippen LogP contribution is 2.36. The van der Waals surface area contributed by atoms with Gasteiger partial charge in [0.15, 0.2) is 11.5 Å². The Morgan fingerprint density at radius 1 is 1.17 bits per heavy atom. The van der Waals surface area contributed by atoms with Crippen molar-refractivity contribution in [1.82, 2.24) is 19.9 Å². The molecule has 0 unspecified atom stereocenters. The van der Waals surface area contributed by atoms with Gasteiger partial charge in [-0.2, -0.15) is 10.1 Å². The van der Waals surface area contributed by atoms with Crippen LogP contribution in [0.1, 0.15) is 12.5 Å². The van der Waals surface area contributed by atoms with Crippen LogP contribution in [-0.4, -0.2) is 46.3 Å². The Hall–Kier alpha value is -3.99. The van der Waals surface area contributed by atoms with Gasteiger partial charge in [0.1, 0.15) is 23.0 Å². The van der Waals surface area contributed by atoms with Crippen LogP contribution in [-0.2, 0) is 17.8 Å². The fourth-order valence-electron chi connectivity index (χ4n) is 3.61. The van der Waals surface area contributed by atoms with Gasteiger partial charge in [-0.3, -0.25) is 4.79 Å². The molecule has 0 saturated heterocycles. The molecule has 0 aliphatic heterocycles. The second kappa shape index (κ2) is 10.5. The van der Waals surface area contributed by atoms with Gasteiger partial charge in [-0.25, -0.2) is 4.68 Å². The first kappa shape index (κ1) is 24.1. The molecule has 0 spiro atoms. The van der Waals surface area contributed by atoms with E-state index in [1.54, 1.807) is 32.4 Å². The minimum absolute atomic E-state index is 0.0614. The third kappa shape index (κ3) is 4.94. The van der Waals surface area contributed by atoms with Crippen molar-refractivity contribution in [3.05, 3.63) is 48.0 Å². The first-order chi connectivity index (χ1) is 17.0. The molecule has 2 aromatic carbocycles. The average molecular weight is 495 g/mol. The molecule has 0 saturated carbocycles. The number of nitrogens with one attached hydrogen (secondary N) is 1. The van der Waals surface area contributed by atoms with Crippen LogP contribution in [0.4, 0.5) is 11.5 Å². The van der Waals surface area contributed by atoms with Crippen molar-refractivity contribution in [2.24, 2.45) is 0 Å². The van der Waals surface area contributed by atoms with Crippen LogP contribution in [0.5, 0.6) is 11.5 Å². The number of carbonyl (C=O) groups excluding carboxylic acids is 1. The van der Waals surface area contributed by atoms with Crippen LogP contribution < -0.4 is 20.5 Å². The minimum Gasteiger partial charge on any atom is -0.493 e. The second-order valence-corrected chi connectivity index (χ2v) is 8.27. The van der Waals surface area contributed by atoms with Crippen molar-refractivity contribution in [2.75, 3.05) is 31.5 Å². The van der Waals surface area contributed by atoms with E-state index in [9.17, 15) is 4.79 Å². The SMILES string of the molecule is CCc1ccccc1NC(=O)Cn1nc(SC)c(-c2nc(-c3ccc(OC)c(OC)c3)no2)c1N. The fraction of sp³-hybridized carbons (Fsp3) is 0.250. The van der Waals surface area contributed by atoms with Crippen LogP contribution in [0.3, 0.4) is 0 Å². The van der Waals surface area contributed by atoms with Gasteiger partial charge in [-0.05, 0) is 42.5 Å². The minimum atomic E-state index is -0.240. The number of hydrogen-bond acceptors (Lipinski definition) is 9. The highest BCUT2D eigenvalue weighted by atomic mass is 32.2. The lowest BCUT2D eigenvalue weighted by atomic mass is 10.1. The smallest absolute Gasteiger partial charge is 0.264 e. The Morgan fingerprint density at radius 3 is 2.66 bits per heavy atom. The normalized spacial score (nSPS) is 10.9. The number of ether oxygens (including phenoxy) is 2. The van der Waals surface area contributed by atoms with Gasteiger partial charge in [-0.1, -0.05) is 30.3 Å². The number of benzene rings is 2. The molecule has 0 radical (unpaired) electrons. The van der Waals surface area contributed by atoms with Gasteiger partial charge in [0.05, 0.1) is 14.2 Å². The van der Waals surface area contributed by atoms with E-state index in [2.05, 4.69) is 20.6 Å². The van der Waals surface area contributed by atoms with Crippen LogP contribution in [0.25, 0.3) is 22.8 Å². The van der Waals surface area contributed by atoms with Crippen molar-refractivity contribution in [3.63, 3.8) is 0 Å². The second-order valence-electron chi connectivity index (χ2n) is 7.48. The number of rotatable bonds is 9. The van der Waals surface area contributed by atoms with Crippen molar-refractivity contribution in [1.29, 1.82) is 0 Å². The Kier molecular flexibility index (Phi) is 7.25. The summed E-state index contributed by atoms with van der Waals surface area (Å²) in [6.45, 7) is 1.97. The van der Waals surface area contributed by atoms with E-state index >= 15 is 0 Å². The number of nitrogens with two attached hydrogens (primary N) is 1. The number of aryl methyl sites for hydroxylation is 1. The number of amides is 1. The first-order valence-corrected chi connectivity index (χ1v) is 12.1. The highest BCUT2D eigenvalue weighted by Gasteiger charge is 2.24. The first-order valence-electron chi connectivity index (χ1n) is 10.8. The number of hydrogen-bond donors (Lipinski definition) is 2. The maximum atomic E-state index is 12.7. The molecule has 1 amide bonds. The quantitative estimate of drug-likeness (QED) is 0.330. The van der Waals surface area contributed by atoms with E-state index < -0.39 is 0 Å². The molecule has 182 valence electrons. The Labute approximate surface area is 206 Å². The van der Waals surface area contributed by atoms with Gasteiger partial charge in [0.25, 0.3) is 5.89 Å². The third-order valence-electron chi connectivity index (χ3n) is 5.40. The third-order valence-corrected chi connectivity index (χ3v) is 6.07. The maximum absolute atomic E-state index is 12.7. The summed E-state index contributed by atoms with van der Waals surface area (Å²) >= 11 is 1.37. The van der Waals surface area contributed by atoms with Crippen molar-refractivity contribution < 1.29 is 18.8 Å². The van der Waals surface area contributed by atoms with Crippen molar-refractivity contribution in [2.45, 2.75) is 24.9 Å². The molecule has 11 heteroatoms. The molecule has 10 nitrogen and oxygen atoms in total. The Balaban J connectivity index is 1.60. The Morgan fingerprint density at radius 2 is 1.94 bits per heavy atom. The molecule has 35 heavy (non-hydrogen) atoms. The molecule has 0 aliphatic rings. The number of methoxy groups -OCH3 is 2. The van der Waals surface area contributed by atoms with Crippen LogP contribution in [0.15, 0.2) is 52.0 Å². The van der Waals surface area contributed by atoms with Crippen LogP contribution >= 0.6 is 11.8 Å². The Bertz CT molecular complexity index is 1350. The van der Waals surface area contributed by atoms with Gasteiger partial charge in [0.2, 0.25) is 11.7 Å². The van der Waals surface area contributed by atoms with E-state index in [1.807, 2.05) is 37.4 Å². The predicted molar refractivity (Wildman–Crippen MR) is 135 cm³/mol. The van der Waals surface area contributed by atoms with E-state index in [1.165, 1.54) is 16.4 Å². The van der Waals surface area contributed by atoms with Crippen LogP contribution in [0, 0.1) is 0 Å². The lowest BCUT2D eigenvalue weighted by Crippen LogP contribution is -2.21. The number of nitrogen functional groups attached to an aromatic ring is 1. The van der Waals surface area contributed by atoms with Crippen LogP contribution in [0.2, 0.25) is 0 Å². The molecule has 0 fully saturated rings. The zero-order chi connectivity index (χ0) is 24.9. The maximum Gasteiger partial charge on any atom is 0.264 e. The molecule has 4 aromatic rings. The van der Waals surface area contributed by atoms with E-state index in [0.29, 0.717) is 33.5 Å². The lowest BCUT2D eigenvalue weighted by Gasteiger charge is -2.10. The van der Waals surface area contributed by atoms with Gasteiger partial charge >= 0.3 is 0 Å². The standard InChI is InChI=1S/C24H26N6O4S/c1-5-14-8-6-7-9-16(14)26-19(31)13-30-21(25)20(24(28-30)35-4)23-27-22(29-34-23)15-10-11-17(32-2)18(12-15)33-3/h6-12H,5,13,25H2,1-4H3,(H,26,31). The monoisotopic (exact) mass is 494 g/mol. The topological polar surface area (TPSA) is 130 Å². The van der Waals surface area contributed by atoms with Crippen molar-refractivity contribution in [3.8, 4) is 34.3 Å². The van der Waals surface area contributed by atoms with E-state index in [4.69, 9.17) is 19.7 Å². The molecule has 3 N–H and O–H groups in total. The van der Waals surface area contributed by atoms with E-state index in [0.717, 1.165) is 17.7 Å². The predicted octanol–water partition coefficient (Wildman–Crippen LogP) is 4.12. The molecule has 2 heterocycles. The van der Waals surface area contributed by atoms with Gasteiger partial charge < -0.3 is 25.0 Å². The molecule has 0 aliphatic carbocycles. The number of anilines is 2. The number of aromatic nitrogens is 4. The summed E-state index contributed by atoms with van der Waals surface area (Å²) in [5.41, 5.74) is 9.37.